The van der Waals surface area contributed by atoms with E-state index in [-0.39, 0.29) is 22.6 Å². The molecule has 0 radical (unpaired) electrons. The number of hydrogen-bond acceptors (Lipinski definition) is 4. The fraction of sp³-hybridized carbons (Fsp3) is 0.208. The van der Waals surface area contributed by atoms with Gasteiger partial charge >= 0.3 is 12.1 Å². The molecule has 0 amide bonds. The van der Waals surface area contributed by atoms with Crippen LogP contribution in [0.4, 0.5) is 18.9 Å². The third-order valence-electron chi connectivity index (χ3n) is 5.37. The number of benzene rings is 3. The van der Waals surface area contributed by atoms with Crippen molar-refractivity contribution in [3.8, 4) is 0 Å². The van der Waals surface area contributed by atoms with Gasteiger partial charge in [0.25, 0.3) is 10.0 Å². The van der Waals surface area contributed by atoms with Crippen LogP contribution in [0.25, 0.3) is 0 Å². The van der Waals surface area contributed by atoms with Crippen LogP contribution >= 0.6 is 0 Å². The molecule has 1 aliphatic rings. The van der Waals surface area contributed by atoms with E-state index in [9.17, 15) is 26.4 Å². The lowest BCUT2D eigenvalue weighted by Gasteiger charge is -2.30. The van der Waals surface area contributed by atoms with E-state index in [0.717, 1.165) is 24.1 Å². The van der Waals surface area contributed by atoms with Gasteiger partial charge in [-0.1, -0.05) is 30.3 Å². The number of carbonyl (C=O) groups is 1. The Morgan fingerprint density at radius 1 is 0.970 bits per heavy atom. The summed E-state index contributed by atoms with van der Waals surface area (Å²) in [5, 5.41) is 0. The average Bonchev–Trinajstić information content (AvgIpc) is 2.82. The number of sulfonamides is 1. The van der Waals surface area contributed by atoms with E-state index >= 15 is 0 Å². The number of carbonyl (C=O) groups excluding carboxylic acids is 1. The van der Waals surface area contributed by atoms with Gasteiger partial charge in [-0.25, -0.2) is 13.2 Å². The number of rotatable bonds is 5. The fourth-order valence-corrected chi connectivity index (χ4v) is 5.25. The lowest BCUT2D eigenvalue weighted by molar-refractivity contribution is -0.137. The molecule has 4 rings (SSSR count). The van der Waals surface area contributed by atoms with Gasteiger partial charge in [0.2, 0.25) is 0 Å². The number of ether oxygens (including phenoxy) is 1. The molecule has 0 saturated carbocycles. The normalized spacial score (nSPS) is 14.0. The largest absolute Gasteiger partial charge is 0.457 e. The van der Waals surface area contributed by atoms with E-state index in [1.54, 1.807) is 12.1 Å². The number of anilines is 1. The number of fused-ring (bicyclic) bond motifs is 1. The van der Waals surface area contributed by atoms with E-state index in [1.165, 1.54) is 40.7 Å². The van der Waals surface area contributed by atoms with Crippen LogP contribution in [0.15, 0.2) is 77.7 Å². The third-order valence-corrected chi connectivity index (χ3v) is 7.20. The lowest BCUT2D eigenvalue weighted by atomic mass is 10.0. The van der Waals surface area contributed by atoms with Crippen LogP contribution < -0.4 is 4.31 Å². The molecule has 0 spiro atoms. The van der Waals surface area contributed by atoms with Gasteiger partial charge in [-0.15, -0.1) is 0 Å². The summed E-state index contributed by atoms with van der Waals surface area (Å²) < 4.78 is 71.3. The molecule has 0 N–H and O–H groups in total. The minimum Gasteiger partial charge on any atom is -0.457 e. The minimum atomic E-state index is -4.49. The molecule has 3 aromatic rings. The number of alkyl halides is 3. The average molecular weight is 475 g/mol. The smallest absolute Gasteiger partial charge is 0.416 e. The Bertz CT molecular complexity index is 1270. The van der Waals surface area contributed by atoms with Crippen LogP contribution in [0.5, 0.6) is 0 Å². The molecule has 1 heterocycles. The summed E-state index contributed by atoms with van der Waals surface area (Å²) in [6.07, 6.45) is -2.98. The first-order chi connectivity index (χ1) is 15.7. The molecular formula is C24H20F3NO4S. The number of nitrogens with zero attached hydrogens (tertiary/aromatic N) is 1. The molecular weight excluding hydrogens is 455 g/mol. The van der Waals surface area contributed by atoms with E-state index in [1.807, 2.05) is 12.1 Å². The molecule has 0 saturated heterocycles. The summed E-state index contributed by atoms with van der Waals surface area (Å²) in [6.45, 7) is 0.0213. The van der Waals surface area contributed by atoms with Crippen molar-refractivity contribution in [3.05, 3.63) is 95.1 Å². The van der Waals surface area contributed by atoms with Crippen molar-refractivity contribution >= 4 is 21.7 Å². The van der Waals surface area contributed by atoms with Gasteiger partial charge in [0.15, 0.2) is 0 Å². The van der Waals surface area contributed by atoms with Crippen molar-refractivity contribution in [1.82, 2.24) is 0 Å². The number of aryl methyl sites for hydroxylation is 1. The number of hydrogen-bond donors (Lipinski definition) is 0. The first-order valence-corrected chi connectivity index (χ1v) is 11.6. The SMILES string of the molecule is O=C(OCc1cccc(C(F)(F)F)c1)c1ccc(S(=O)(=O)N2CCCc3ccccc32)cc1. The van der Waals surface area contributed by atoms with Gasteiger partial charge < -0.3 is 4.74 Å². The lowest BCUT2D eigenvalue weighted by Crippen LogP contribution is -2.35. The summed E-state index contributed by atoms with van der Waals surface area (Å²) in [4.78, 5) is 12.4. The quantitative estimate of drug-likeness (QED) is 0.476. The molecule has 33 heavy (non-hydrogen) atoms. The third kappa shape index (κ3) is 4.88. The number of para-hydroxylation sites is 1. The van der Waals surface area contributed by atoms with E-state index in [2.05, 4.69) is 0 Å². The molecule has 5 nitrogen and oxygen atoms in total. The van der Waals surface area contributed by atoms with Gasteiger partial charge in [0.05, 0.1) is 21.7 Å². The standard InChI is InChI=1S/C24H20F3NO4S/c25-24(26,27)20-8-3-5-17(15-20)16-32-23(29)19-10-12-21(13-11-19)33(30,31)28-14-4-7-18-6-1-2-9-22(18)28/h1-3,5-6,8-13,15H,4,7,14,16H2. The monoisotopic (exact) mass is 475 g/mol. The zero-order valence-electron chi connectivity index (χ0n) is 17.4. The molecule has 0 unspecified atom stereocenters. The highest BCUT2D eigenvalue weighted by molar-refractivity contribution is 7.92. The topological polar surface area (TPSA) is 63.7 Å². The van der Waals surface area contributed by atoms with Crippen molar-refractivity contribution < 1.29 is 31.1 Å². The summed E-state index contributed by atoms with van der Waals surface area (Å²) in [6, 6.07) is 17.2. The van der Waals surface area contributed by atoms with E-state index in [0.29, 0.717) is 18.7 Å². The zero-order chi connectivity index (χ0) is 23.6. The second kappa shape index (κ2) is 8.90. The molecule has 0 aliphatic carbocycles. The number of esters is 1. The number of halogens is 3. The Hall–Kier alpha value is -3.33. The minimum absolute atomic E-state index is 0.0358. The zero-order valence-corrected chi connectivity index (χ0v) is 18.2. The van der Waals surface area contributed by atoms with Crippen LogP contribution in [0.1, 0.15) is 33.5 Å². The molecule has 0 fully saturated rings. The molecule has 0 bridgehead atoms. The van der Waals surface area contributed by atoms with Gasteiger partial charge in [-0.3, -0.25) is 4.31 Å². The van der Waals surface area contributed by atoms with Crippen molar-refractivity contribution in [2.45, 2.75) is 30.5 Å². The van der Waals surface area contributed by atoms with E-state index in [4.69, 9.17) is 4.74 Å². The molecule has 1 aliphatic heterocycles. The fourth-order valence-electron chi connectivity index (χ4n) is 3.71. The Balaban J connectivity index is 1.47. The van der Waals surface area contributed by atoms with Crippen molar-refractivity contribution in [1.29, 1.82) is 0 Å². The Kier molecular flexibility index (Phi) is 6.16. The summed E-state index contributed by atoms with van der Waals surface area (Å²) in [5.41, 5.74) is 1.07. The second-order valence-corrected chi connectivity index (χ2v) is 9.47. The van der Waals surface area contributed by atoms with Crippen LogP contribution in [0.3, 0.4) is 0 Å². The second-order valence-electron chi connectivity index (χ2n) is 7.61. The van der Waals surface area contributed by atoms with Crippen LogP contribution in [0.2, 0.25) is 0 Å². The maximum absolute atomic E-state index is 13.2. The highest BCUT2D eigenvalue weighted by Crippen LogP contribution is 2.32. The first kappa shape index (κ1) is 22.8. The molecule has 172 valence electrons. The van der Waals surface area contributed by atoms with Crippen molar-refractivity contribution in [3.63, 3.8) is 0 Å². The summed E-state index contributed by atoms with van der Waals surface area (Å²) in [5.74, 6) is -0.764. The van der Waals surface area contributed by atoms with Gasteiger partial charge in [0, 0.05) is 6.54 Å². The molecule has 3 aromatic carbocycles. The van der Waals surface area contributed by atoms with Crippen LogP contribution in [-0.4, -0.2) is 20.9 Å². The van der Waals surface area contributed by atoms with Crippen LogP contribution in [0, 0.1) is 0 Å². The Labute approximate surface area is 189 Å². The predicted molar refractivity (Wildman–Crippen MR) is 116 cm³/mol. The van der Waals surface area contributed by atoms with Crippen molar-refractivity contribution in [2.24, 2.45) is 0 Å². The van der Waals surface area contributed by atoms with E-state index < -0.39 is 27.7 Å². The van der Waals surface area contributed by atoms with Gasteiger partial charge in [-0.05, 0) is 66.4 Å². The predicted octanol–water partition coefficient (Wildman–Crippen LogP) is 5.20. The maximum atomic E-state index is 13.2. The van der Waals surface area contributed by atoms with Gasteiger partial charge in [0.1, 0.15) is 6.61 Å². The highest BCUT2D eigenvalue weighted by Gasteiger charge is 2.31. The Morgan fingerprint density at radius 2 is 1.70 bits per heavy atom. The van der Waals surface area contributed by atoms with Crippen LogP contribution in [-0.2, 0) is 34.0 Å². The first-order valence-electron chi connectivity index (χ1n) is 10.2. The highest BCUT2D eigenvalue weighted by atomic mass is 32.2. The molecule has 0 atom stereocenters. The van der Waals surface area contributed by atoms with Gasteiger partial charge in [-0.2, -0.15) is 13.2 Å². The molecule has 9 heteroatoms. The maximum Gasteiger partial charge on any atom is 0.416 e. The molecule has 0 aromatic heterocycles. The summed E-state index contributed by atoms with van der Waals surface area (Å²) in [7, 11) is -3.82. The summed E-state index contributed by atoms with van der Waals surface area (Å²) >= 11 is 0. The Morgan fingerprint density at radius 3 is 2.42 bits per heavy atom. The van der Waals surface area contributed by atoms with Crippen molar-refractivity contribution in [2.75, 3.05) is 10.8 Å².